The van der Waals surface area contributed by atoms with Gasteiger partial charge in [0.05, 0.1) is 11.1 Å². The van der Waals surface area contributed by atoms with Gasteiger partial charge in [-0.2, -0.15) is 0 Å². The quantitative estimate of drug-likeness (QED) is 0.607. The molecule has 2 aromatic carbocycles. The lowest BCUT2D eigenvalue weighted by Crippen LogP contribution is -2.46. The smallest absolute Gasteiger partial charge is 0.256 e. The predicted octanol–water partition coefficient (Wildman–Crippen LogP) is 2.44. The second-order valence-electron chi connectivity index (χ2n) is 7.60. The summed E-state index contributed by atoms with van der Waals surface area (Å²) >= 11 is 0. The second kappa shape index (κ2) is 7.21. The van der Waals surface area contributed by atoms with Crippen molar-refractivity contribution in [3.8, 4) is 11.3 Å². The van der Waals surface area contributed by atoms with Crippen LogP contribution in [0.25, 0.3) is 22.2 Å². The molecule has 0 aliphatic carbocycles. The molecule has 0 radical (unpaired) electrons. The molecule has 0 spiro atoms. The zero-order valence-corrected chi connectivity index (χ0v) is 16.1. The molecule has 8 heteroatoms. The number of piperazine rings is 1. The van der Waals surface area contributed by atoms with E-state index in [0.717, 1.165) is 5.56 Å². The molecule has 3 heterocycles. The number of aromatic nitrogens is 1. The summed E-state index contributed by atoms with van der Waals surface area (Å²) in [5.41, 5.74) is 2.94. The second-order valence-corrected chi connectivity index (χ2v) is 7.60. The van der Waals surface area contributed by atoms with Crippen LogP contribution in [0.4, 0.5) is 8.78 Å². The fraction of sp³-hybridized carbons (Fsp3) is 0.273. The molecule has 0 saturated carbocycles. The Morgan fingerprint density at radius 2 is 1.83 bits per heavy atom. The average Bonchev–Trinajstić information content (AvgIpc) is 3.02. The molecule has 0 bridgehead atoms. The number of amides is 2. The van der Waals surface area contributed by atoms with Crippen molar-refractivity contribution in [3.05, 3.63) is 58.7 Å². The van der Waals surface area contributed by atoms with Crippen molar-refractivity contribution in [1.29, 1.82) is 0 Å². The third-order valence-corrected chi connectivity index (χ3v) is 5.76. The summed E-state index contributed by atoms with van der Waals surface area (Å²) in [6.45, 7) is 2.80. The highest BCUT2D eigenvalue weighted by Crippen LogP contribution is 2.35. The van der Waals surface area contributed by atoms with Gasteiger partial charge in [0.15, 0.2) is 0 Å². The van der Waals surface area contributed by atoms with Gasteiger partial charge in [-0.05, 0) is 47.9 Å². The number of H-pyrrole nitrogens is 1. The Bertz CT molecular complexity index is 1180. The number of nitrogens with one attached hydrogen (secondary N) is 3. The van der Waals surface area contributed by atoms with Crippen molar-refractivity contribution in [3.63, 3.8) is 0 Å². The lowest BCUT2D eigenvalue weighted by Gasteiger charge is -2.27. The molecule has 154 valence electrons. The van der Waals surface area contributed by atoms with Crippen LogP contribution < -0.4 is 10.6 Å². The molecule has 30 heavy (non-hydrogen) atoms. The van der Waals surface area contributed by atoms with Gasteiger partial charge in [-0.3, -0.25) is 9.59 Å². The maximum absolute atomic E-state index is 14.5. The van der Waals surface area contributed by atoms with E-state index < -0.39 is 11.6 Å². The first-order valence-corrected chi connectivity index (χ1v) is 9.95. The maximum atomic E-state index is 14.5. The summed E-state index contributed by atoms with van der Waals surface area (Å²) in [5.74, 6) is -1.76. The van der Waals surface area contributed by atoms with Crippen molar-refractivity contribution in [2.45, 2.75) is 6.42 Å². The van der Waals surface area contributed by atoms with Crippen molar-refractivity contribution in [2.24, 2.45) is 0 Å². The molecule has 1 fully saturated rings. The van der Waals surface area contributed by atoms with Crippen molar-refractivity contribution >= 4 is 22.7 Å². The average molecular weight is 410 g/mol. The Morgan fingerprint density at radius 3 is 2.63 bits per heavy atom. The minimum atomic E-state index is -0.576. The summed E-state index contributed by atoms with van der Waals surface area (Å²) < 4.78 is 28.6. The van der Waals surface area contributed by atoms with Gasteiger partial charge in [-0.25, -0.2) is 8.78 Å². The molecule has 2 aliphatic heterocycles. The number of benzene rings is 2. The molecule has 2 aliphatic rings. The molecule has 3 aromatic rings. The van der Waals surface area contributed by atoms with Gasteiger partial charge < -0.3 is 20.5 Å². The SMILES string of the molecule is O=C1NCCc2c(-c3ccc(F)c(C(=O)N4CCNCC4)c3)[nH]c3cc(F)cc1c23. The highest BCUT2D eigenvalue weighted by atomic mass is 19.1. The predicted molar refractivity (Wildman–Crippen MR) is 108 cm³/mol. The summed E-state index contributed by atoms with van der Waals surface area (Å²) in [5, 5.41) is 6.62. The molecular formula is C22H20F2N4O2. The summed E-state index contributed by atoms with van der Waals surface area (Å²) in [6, 6.07) is 7.00. The zero-order chi connectivity index (χ0) is 20.8. The third kappa shape index (κ3) is 3.04. The zero-order valence-electron chi connectivity index (χ0n) is 16.1. The Kier molecular flexibility index (Phi) is 4.51. The number of carbonyl (C=O) groups is 2. The Hall–Kier alpha value is -3.26. The Morgan fingerprint density at radius 1 is 1.03 bits per heavy atom. The van der Waals surface area contributed by atoms with E-state index in [0.29, 0.717) is 61.3 Å². The first kappa shape index (κ1) is 18.7. The van der Waals surface area contributed by atoms with E-state index in [1.165, 1.54) is 24.3 Å². The van der Waals surface area contributed by atoms with Gasteiger partial charge >= 0.3 is 0 Å². The van der Waals surface area contributed by atoms with E-state index in [9.17, 15) is 18.4 Å². The van der Waals surface area contributed by atoms with Gasteiger partial charge in [0, 0.05) is 49.3 Å². The molecule has 6 nitrogen and oxygen atoms in total. The van der Waals surface area contributed by atoms with Crippen LogP contribution in [0, 0.1) is 11.6 Å². The van der Waals surface area contributed by atoms with Crippen LogP contribution in [0.1, 0.15) is 26.3 Å². The number of nitrogens with zero attached hydrogens (tertiary/aromatic N) is 1. The summed E-state index contributed by atoms with van der Waals surface area (Å²) in [4.78, 5) is 30.1. The van der Waals surface area contributed by atoms with E-state index in [1.54, 1.807) is 11.0 Å². The lowest BCUT2D eigenvalue weighted by atomic mass is 9.99. The third-order valence-electron chi connectivity index (χ3n) is 5.76. The molecule has 0 atom stereocenters. The molecule has 3 N–H and O–H groups in total. The van der Waals surface area contributed by atoms with Crippen molar-refractivity contribution < 1.29 is 18.4 Å². The molecule has 0 unspecified atom stereocenters. The van der Waals surface area contributed by atoms with Crippen LogP contribution in [0.2, 0.25) is 0 Å². The minimum absolute atomic E-state index is 0.00878. The number of carbonyl (C=O) groups excluding carboxylic acids is 2. The van der Waals surface area contributed by atoms with E-state index in [1.807, 2.05) is 0 Å². The standard InChI is InChI=1S/C22H20F2N4O2/c23-13-10-16-19-14(3-4-26-21(16)29)20(27-18(19)11-13)12-1-2-17(24)15(9-12)22(30)28-7-5-25-6-8-28/h1-2,9-11,25,27H,3-8H2,(H,26,29). The Labute approximate surface area is 171 Å². The first-order valence-electron chi connectivity index (χ1n) is 9.95. The number of hydrogen-bond acceptors (Lipinski definition) is 3. The van der Waals surface area contributed by atoms with E-state index in [4.69, 9.17) is 0 Å². The van der Waals surface area contributed by atoms with Gasteiger partial charge in [0.1, 0.15) is 11.6 Å². The van der Waals surface area contributed by atoms with Gasteiger partial charge in [-0.1, -0.05) is 0 Å². The molecule has 1 saturated heterocycles. The van der Waals surface area contributed by atoms with Gasteiger partial charge in [0.25, 0.3) is 11.8 Å². The lowest BCUT2D eigenvalue weighted by molar-refractivity contribution is 0.0731. The van der Waals surface area contributed by atoms with Crippen LogP contribution in [0.3, 0.4) is 0 Å². The normalized spacial score (nSPS) is 16.5. The van der Waals surface area contributed by atoms with Crippen molar-refractivity contribution in [1.82, 2.24) is 20.5 Å². The number of aromatic amines is 1. The highest BCUT2D eigenvalue weighted by Gasteiger charge is 2.25. The van der Waals surface area contributed by atoms with Crippen LogP contribution >= 0.6 is 0 Å². The monoisotopic (exact) mass is 410 g/mol. The van der Waals surface area contributed by atoms with Gasteiger partial charge in [0.2, 0.25) is 0 Å². The van der Waals surface area contributed by atoms with Gasteiger partial charge in [-0.15, -0.1) is 0 Å². The van der Waals surface area contributed by atoms with E-state index in [-0.39, 0.29) is 22.9 Å². The topological polar surface area (TPSA) is 77.2 Å². The first-order chi connectivity index (χ1) is 14.5. The Balaban J connectivity index is 1.64. The van der Waals surface area contributed by atoms with E-state index in [2.05, 4.69) is 15.6 Å². The number of rotatable bonds is 2. The van der Waals surface area contributed by atoms with Crippen LogP contribution in [-0.2, 0) is 6.42 Å². The van der Waals surface area contributed by atoms with Crippen LogP contribution in [-0.4, -0.2) is 54.4 Å². The van der Waals surface area contributed by atoms with Crippen molar-refractivity contribution in [2.75, 3.05) is 32.7 Å². The molecular weight excluding hydrogens is 390 g/mol. The van der Waals surface area contributed by atoms with Crippen LogP contribution in [0.5, 0.6) is 0 Å². The molecule has 2 amide bonds. The number of halogens is 2. The number of hydrogen-bond donors (Lipinski definition) is 3. The minimum Gasteiger partial charge on any atom is -0.354 e. The largest absolute Gasteiger partial charge is 0.354 e. The molecule has 1 aromatic heterocycles. The highest BCUT2D eigenvalue weighted by molar-refractivity contribution is 6.10. The van der Waals surface area contributed by atoms with E-state index >= 15 is 0 Å². The summed E-state index contributed by atoms with van der Waals surface area (Å²) in [7, 11) is 0. The fourth-order valence-corrected chi connectivity index (χ4v) is 4.32. The maximum Gasteiger partial charge on any atom is 0.256 e. The van der Waals surface area contributed by atoms with Crippen LogP contribution in [0.15, 0.2) is 30.3 Å². The fourth-order valence-electron chi connectivity index (χ4n) is 4.32. The summed E-state index contributed by atoms with van der Waals surface area (Å²) in [6.07, 6.45) is 0.540. The molecule has 5 rings (SSSR count).